The lowest BCUT2D eigenvalue weighted by Crippen LogP contribution is -2.52. The van der Waals surface area contributed by atoms with Gasteiger partial charge in [-0.3, -0.25) is 13.9 Å². The molecule has 1 N–H and O–H groups in total. The second-order valence-electron chi connectivity index (χ2n) is 8.31. The zero-order chi connectivity index (χ0) is 25.6. The number of hydrogen-bond donors (Lipinski definition) is 1. The van der Waals surface area contributed by atoms with Gasteiger partial charge in [0.1, 0.15) is 12.6 Å². The maximum Gasteiger partial charge on any atom is 0.244 e. The standard InChI is InChI=1S/C24H31Cl2N3O4S/c1-6-17(3)27-24(31)18(4)28(14-19-11-12-20(25)13-21(19)26)23(30)15-29(34(5,32)33)22-10-8-7-9-16(22)2/h7-13,17-18H,6,14-15H2,1-5H3,(H,27,31)/t17-,18-/m0/s1. The van der Waals surface area contributed by atoms with Gasteiger partial charge >= 0.3 is 0 Å². The summed E-state index contributed by atoms with van der Waals surface area (Å²) in [5, 5.41) is 3.67. The molecule has 7 nitrogen and oxygen atoms in total. The summed E-state index contributed by atoms with van der Waals surface area (Å²) >= 11 is 12.3. The van der Waals surface area contributed by atoms with Gasteiger partial charge in [-0.15, -0.1) is 0 Å². The molecule has 2 atom stereocenters. The lowest BCUT2D eigenvalue weighted by Gasteiger charge is -2.32. The molecule has 2 amide bonds. The molecule has 0 aliphatic rings. The third-order valence-corrected chi connectivity index (χ3v) is 7.30. The zero-order valence-electron chi connectivity index (χ0n) is 20.0. The van der Waals surface area contributed by atoms with E-state index in [0.29, 0.717) is 26.9 Å². The van der Waals surface area contributed by atoms with Crippen LogP contribution in [0.2, 0.25) is 10.0 Å². The quantitative estimate of drug-likeness (QED) is 0.495. The Bertz CT molecular complexity index is 1140. The molecule has 0 aliphatic carbocycles. The highest BCUT2D eigenvalue weighted by molar-refractivity contribution is 7.92. The van der Waals surface area contributed by atoms with E-state index in [1.165, 1.54) is 4.90 Å². The van der Waals surface area contributed by atoms with E-state index in [4.69, 9.17) is 23.2 Å². The SMILES string of the molecule is CC[C@H](C)NC(=O)[C@H](C)N(Cc1ccc(Cl)cc1Cl)C(=O)CN(c1ccccc1C)S(C)(=O)=O. The van der Waals surface area contributed by atoms with Gasteiger partial charge in [-0.25, -0.2) is 8.42 Å². The van der Waals surface area contributed by atoms with Gasteiger partial charge in [-0.05, 0) is 56.5 Å². The highest BCUT2D eigenvalue weighted by Gasteiger charge is 2.31. The number of sulfonamides is 1. The summed E-state index contributed by atoms with van der Waals surface area (Å²) < 4.78 is 26.3. The van der Waals surface area contributed by atoms with Crippen molar-refractivity contribution in [2.45, 2.75) is 52.7 Å². The minimum atomic E-state index is -3.78. The van der Waals surface area contributed by atoms with Crippen molar-refractivity contribution >= 4 is 50.7 Å². The van der Waals surface area contributed by atoms with Crippen LogP contribution in [0.4, 0.5) is 5.69 Å². The van der Waals surface area contributed by atoms with Gasteiger partial charge in [0.25, 0.3) is 0 Å². The number of carbonyl (C=O) groups is 2. The molecule has 2 aromatic carbocycles. The third kappa shape index (κ3) is 7.35. The van der Waals surface area contributed by atoms with E-state index < -0.39 is 28.5 Å². The monoisotopic (exact) mass is 527 g/mol. The van der Waals surface area contributed by atoms with Crippen LogP contribution < -0.4 is 9.62 Å². The number of benzene rings is 2. The number of aryl methyl sites for hydroxylation is 1. The predicted molar refractivity (Wildman–Crippen MR) is 138 cm³/mol. The summed E-state index contributed by atoms with van der Waals surface area (Å²) in [6.07, 6.45) is 1.77. The Morgan fingerprint density at radius 2 is 1.74 bits per heavy atom. The number of nitrogens with one attached hydrogen (secondary N) is 1. The molecule has 186 valence electrons. The van der Waals surface area contributed by atoms with Gasteiger partial charge in [0.2, 0.25) is 21.8 Å². The predicted octanol–water partition coefficient (Wildman–Crippen LogP) is 4.40. The van der Waals surface area contributed by atoms with Crippen molar-refractivity contribution in [2.24, 2.45) is 0 Å². The Morgan fingerprint density at radius 1 is 1.09 bits per heavy atom. The first kappa shape index (κ1) is 28.0. The molecule has 0 bridgehead atoms. The Hall–Kier alpha value is -2.29. The Kier molecular flexibility index (Phi) is 9.79. The maximum atomic E-state index is 13.5. The number of para-hydroxylation sites is 1. The number of halogens is 2. The van der Waals surface area contributed by atoms with E-state index >= 15 is 0 Å². The van der Waals surface area contributed by atoms with Gasteiger partial charge in [0.05, 0.1) is 11.9 Å². The largest absolute Gasteiger partial charge is 0.352 e. The van der Waals surface area contributed by atoms with Crippen LogP contribution in [-0.4, -0.2) is 50.0 Å². The number of anilines is 1. The van der Waals surface area contributed by atoms with Crippen molar-refractivity contribution in [1.29, 1.82) is 0 Å². The highest BCUT2D eigenvalue weighted by Crippen LogP contribution is 2.25. The minimum absolute atomic E-state index is 0.00923. The fourth-order valence-corrected chi connectivity index (χ4v) is 4.69. The molecule has 0 spiro atoms. The van der Waals surface area contributed by atoms with Gasteiger partial charge < -0.3 is 10.2 Å². The smallest absolute Gasteiger partial charge is 0.244 e. The Balaban J connectivity index is 2.43. The molecule has 0 saturated heterocycles. The first-order valence-electron chi connectivity index (χ1n) is 10.9. The molecular weight excluding hydrogens is 497 g/mol. The minimum Gasteiger partial charge on any atom is -0.352 e. The van der Waals surface area contributed by atoms with E-state index in [2.05, 4.69) is 5.32 Å². The topological polar surface area (TPSA) is 86.8 Å². The number of hydrogen-bond acceptors (Lipinski definition) is 4. The van der Waals surface area contributed by atoms with Crippen molar-refractivity contribution < 1.29 is 18.0 Å². The Morgan fingerprint density at radius 3 is 2.29 bits per heavy atom. The van der Waals surface area contributed by atoms with Gasteiger partial charge in [0, 0.05) is 22.6 Å². The van der Waals surface area contributed by atoms with E-state index in [0.717, 1.165) is 17.0 Å². The van der Waals surface area contributed by atoms with Crippen molar-refractivity contribution in [3.05, 3.63) is 63.6 Å². The molecule has 0 fully saturated rings. The lowest BCUT2D eigenvalue weighted by atomic mass is 10.1. The van der Waals surface area contributed by atoms with Crippen LogP contribution in [-0.2, 0) is 26.2 Å². The summed E-state index contributed by atoms with van der Waals surface area (Å²) in [5.74, 6) is -0.874. The normalized spacial score (nSPS) is 13.1. The van der Waals surface area contributed by atoms with E-state index in [9.17, 15) is 18.0 Å². The first-order chi connectivity index (χ1) is 15.8. The van der Waals surface area contributed by atoms with Crippen molar-refractivity contribution in [3.63, 3.8) is 0 Å². The summed E-state index contributed by atoms with van der Waals surface area (Å²) in [7, 11) is -3.78. The van der Waals surface area contributed by atoms with Crippen LogP contribution in [0.5, 0.6) is 0 Å². The molecule has 10 heteroatoms. The molecule has 0 saturated carbocycles. The lowest BCUT2D eigenvalue weighted by molar-refractivity contribution is -0.139. The molecule has 0 aromatic heterocycles. The number of rotatable bonds is 10. The van der Waals surface area contributed by atoms with Gasteiger partial charge in [-0.2, -0.15) is 0 Å². The Labute approximate surface area is 212 Å². The molecule has 2 rings (SSSR count). The molecule has 34 heavy (non-hydrogen) atoms. The van der Waals surface area contributed by atoms with Crippen LogP contribution in [0, 0.1) is 6.92 Å². The summed E-state index contributed by atoms with van der Waals surface area (Å²) in [5.41, 5.74) is 1.69. The van der Waals surface area contributed by atoms with E-state index in [1.54, 1.807) is 56.3 Å². The van der Waals surface area contributed by atoms with Crippen LogP contribution in [0.25, 0.3) is 0 Å². The molecule has 2 aromatic rings. The molecule has 0 radical (unpaired) electrons. The van der Waals surface area contributed by atoms with Crippen molar-refractivity contribution in [2.75, 3.05) is 17.1 Å². The van der Waals surface area contributed by atoms with E-state index in [-0.39, 0.29) is 18.5 Å². The second kappa shape index (κ2) is 11.9. The maximum absolute atomic E-state index is 13.5. The fraction of sp³-hybridized carbons (Fsp3) is 0.417. The van der Waals surface area contributed by atoms with E-state index in [1.807, 2.05) is 13.8 Å². The third-order valence-electron chi connectivity index (χ3n) is 5.59. The number of amides is 2. The van der Waals surface area contributed by atoms with Crippen LogP contribution in [0.1, 0.15) is 38.3 Å². The highest BCUT2D eigenvalue weighted by atomic mass is 35.5. The summed E-state index contributed by atoms with van der Waals surface area (Å²) in [4.78, 5) is 27.8. The van der Waals surface area contributed by atoms with Crippen LogP contribution >= 0.6 is 23.2 Å². The average Bonchev–Trinajstić information content (AvgIpc) is 2.76. The zero-order valence-corrected chi connectivity index (χ0v) is 22.3. The number of nitrogens with zero attached hydrogens (tertiary/aromatic N) is 2. The second-order valence-corrected chi connectivity index (χ2v) is 11.1. The van der Waals surface area contributed by atoms with Crippen LogP contribution in [0.15, 0.2) is 42.5 Å². The van der Waals surface area contributed by atoms with Crippen molar-refractivity contribution in [3.8, 4) is 0 Å². The molecule has 0 unspecified atom stereocenters. The molecular formula is C24H31Cl2N3O4S. The van der Waals surface area contributed by atoms with Gasteiger partial charge in [-0.1, -0.05) is 54.4 Å². The van der Waals surface area contributed by atoms with Crippen LogP contribution in [0.3, 0.4) is 0 Å². The van der Waals surface area contributed by atoms with Gasteiger partial charge in [0.15, 0.2) is 0 Å². The molecule has 0 aliphatic heterocycles. The molecule has 0 heterocycles. The van der Waals surface area contributed by atoms with Crippen molar-refractivity contribution in [1.82, 2.24) is 10.2 Å². The number of carbonyl (C=O) groups excluding carboxylic acids is 2. The fourth-order valence-electron chi connectivity index (χ4n) is 3.32. The average molecular weight is 529 g/mol. The first-order valence-corrected chi connectivity index (χ1v) is 13.5. The summed E-state index contributed by atoms with van der Waals surface area (Å²) in [6.45, 7) is 6.74. The summed E-state index contributed by atoms with van der Waals surface area (Å²) in [6, 6.07) is 10.8.